The highest BCUT2D eigenvalue weighted by Crippen LogP contribution is 2.27. The summed E-state index contributed by atoms with van der Waals surface area (Å²) in [5, 5.41) is 2.90. The smallest absolute Gasteiger partial charge is 0.243 e. The van der Waals surface area contributed by atoms with Crippen LogP contribution in [0.5, 0.6) is 5.75 Å². The zero-order valence-corrected chi connectivity index (χ0v) is 18.1. The van der Waals surface area contributed by atoms with Crippen molar-refractivity contribution in [1.29, 1.82) is 0 Å². The molecule has 0 aliphatic heterocycles. The minimum atomic E-state index is -0.315. The summed E-state index contributed by atoms with van der Waals surface area (Å²) in [5.74, 6) is 0.231. The van der Waals surface area contributed by atoms with Gasteiger partial charge in [-0.3, -0.25) is 9.78 Å². The first-order valence-corrected chi connectivity index (χ1v) is 10.6. The SMILES string of the molecule is COc1cccc(/C(=C\C=C\C(=O)NCCCCc2cccnc2)c2cccc(F)c2)c1. The van der Waals surface area contributed by atoms with Gasteiger partial charge in [-0.2, -0.15) is 0 Å². The summed E-state index contributed by atoms with van der Waals surface area (Å²) in [5.41, 5.74) is 3.59. The van der Waals surface area contributed by atoms with Crippen molar-refractivity contribution in [2.24, 2.45) is 0 Å². The number of methoxy groups -OCH3 is 1. The number of allylic oxidation sites excluding steroid dienone is 2. The van der Waals surface area contributed by atoms with Crippen LogP contribution in [-0.2, 0) is 11.2 Å². The molecular formula is C27H27FN2O2. The van der Waals surface area contributed by atoms with Crippen LogP contribution in [0.25, 0.3) is 5.57 Å². The molecule has 2 aromatic carbocycles. The molecule has 0 fully saturated rings. The maximum Gasteiger partial charge on any atom is 0.243 e. The molecule has 164 valence electrons. The maximum atomic E-state index is 13.8. The molecule has 0 aliphatic rings. The summed E-state index contributed by atoms with van der Waals surface area (Å²) < 4.78 is 19.1. The van der Waals surface area contributed by atoms with Crippen molar-refractivity contribution in [3.05, 3.63) is 114 Å². The van der Waals surface area contributed by atoms with Gasteiger partial charge in [0.2, 0.25) is 5.91 Å². The summed E-state index contributed by atoms with van der Waals surface area (Å²) in [7, 11) is 1.60. The van der Waals surface area contributed by atoms with Crippen molar-refractivity contribution in [3.8, 4) is 5.75 Å². The van der Waals surface area contributed by atoms with Gasteiger partial charge in [-0.1, -0.05) is 42.5 Å². The van der Waals surface area contributed by atoms with Crippen LogP contribution in [0.15, 0.2) is 91.3 Å². The number of carbonyl (C=O) groups is 1. The normalized spacial score (nSPS) is 11.5. The van der Waals surface area contributed by atoms with E-state index in [4.69, 9.17) is 4.74 Å². The lowest BCUT2D eigenvalue weighted by Crippen LogP contribution is -2.22. The number of pyridine rings is 1. The highest BCUT2D eigenvalue weighted by atomic mass is 19.1. The molecule has 0 saturated heterocycles. The number of carbonyl (C=O) groups excluding carboxylic acids is 1. The topological polar surface area (TPSA) is 51.2 Å². The van der Waals surface area contributed by atoms with E-state index < -0.39 is 0 Å². The third kappa shape index (κ3) is 7.20. The Morgan fingerprint density at radius 1 is 1.06 bits per heavy atom. The molecule has 0 spiro atoms. The molecule has 0 unspecified atom stereocenters. The van der Waals surface area contributed by atoms with Gasteiger partial charge in [0.1, 0.15) is 11.6 Å². The third-order valence-corrected chi connectivity index (χ3v) is 4.94. The Labute approximate surface area is 188 Å². The molecular weight excluding hydrogens is 403 g/mol. The second-order valence-corrected chi connectivity index (χ2v) is 7.29. The average Bonchev–Trinajstić information content (AvgIpc) is 2.82. The number of unbranched alkanes of at least 4 members (excludes halogenated alkanes) is 1. The number of rotatable bonds is 10. The largest absolute Gasteiger partial charge is 0.497 e. The number of aryl methyl sites for hydroxylation is 1. The van der Waals surface area contributed by atoms with Crippen LogP contribution in [0.1, 0.15) is 29.5 Å². The van der Waals surface area contributed by atoms with Crippen molar-refractivity contribution in [3.63, 3.8) is 0 Å². The standard InChI is InChI=1S/C27H27FN2O2/c1-32-25-13-5-11-23(19-25)26(22-10-4-12-24(28)18-22)14-6-15-27(31)30-17-3-2-8-21-9-7-16-29-20-21/h4-7,9-16,18-20H,2-3,8,17H2,1H3,(H,30,31)/b15-6+,26-14-. The van der Waals surface area contributed by atoms with Gasteiger partial charge < -0.3 is 10.1 Å². The lowest BCUT2D eigenvalue weighted by atomic mass is 9.97. The van der Waals surface area contributed by atoms with Crippen molar-refractivity contribution >= 4 is 11.5 Å². The van der Waals surface area contributed by atoms with Crippen LogP contribution in [0, 0.1) is 5.82 Å². The Balaban J connectivity index is 1.60. The molecule has 1 heterocycles. The molecule has 1 aromatic heterocycles. The monoisotopic (exact) mass is 430 g/mol. The van der Waals surface area contributed by atoms with E-state index in [2.05, 4.69) is 16.4 Å². The maximum absolute atomic E-state index is 13.8. The molecule has 0 saturated carbocycles. The van der Waals surface area contributed by atoms with Crippen molar-refractivity contribution in [1.82, 2.24) is 10.3 Å². The second kappa shape index (κ2) is 12.2. The summed E-state index contributed by atoms with van der Waals surface area (Å²) in [4.78, 5) is 16.3. The van der Waals surface area contributed by atoms with Crippen LogP contribution >= 0.6 is 0 Å². The molecule has 5 heteroatoms. The first-order valence-electron chi connectivity index (χ1n) is 10.6. The van der Waals surface area contributed by atoms with Crippen molar-refractivity contribution in [2.75, 3.05) is 13.7 Å². The van der Waals surface area contributed by atoms with Crippen LogP contribution in [0.3, 0.4) is 0 Å². The van der Waals surface area contributed by atoms with Gasteiger partial charge in [-0.25, -0.2) is 4.39 Å². The summed E-state index contributed by atoms with van der Waals surface area (Å²) in [6.45, 7) is 0.611. The molecule has 0 radical (unpaired) electrons. The Bertz CT molecular complexity index is 1080. The van der Waals surface area contributed by atoms with E-state index in [1.165, 1.54) is 23.8 Å². The molecule has 0 atom stereocenters. The number of nitrogens with zero attached hydrogens (tertiary/aromatic N) is 1. The predicted molar refractivity (Wildman–Crippen MR) is 126 cm³/mol. The second-order valence-electron chi connectivity index (χ2n) is 7.29. The van der Waals surface area contributed by atoms with E-state index in [0.717, 1.165) is 36.0 Å². The Hall–Kier alpha value is -3.73. The van der Waals surface area contributed by atoms with E-state index in [-0.39, 0.29) is 11.7 Å². The van der Waals surface area contributed by atoms with Crippen molar-refractivity contribution in [2.45, 2.75) is 19.3 Å². The number of hydrogen-bond acceptors (Lipinski definition) is 3. The summed E-state index contributed by atoms with van der Waals surface area (Å²) in [6.07, 6.45) is 11.4. The van der Waals surface area contributed by atoms with Gasteiger partial charge in [0, 0.05) is 25.0 Å². The lowest BCUT2D eigenvalue weighted by molar-refractivity contribution is -0.116. The fourth-order valence-corrected chi connectivity index (χ4v) is 3.31. The molecule has 1 N–H and O–H groups in total. The number of nitrogens with one attached hydrogen (secondary N) is 1. The van der Waals surface area contributed by atoms with Gasteiger partial charge in [-0.15, -0.1) is 0 Å². The average molecular weight is 431 g/mol. The predicted octanol–water partition coefficient (Wildman–Crippen LogP) is 5.36. The molecule has 1 amide bonds. The molecule has 32 heavy (non-hydrogen) atoms. The van der Waals surface area contributed by atoms with Crippen LogP contribution in [0.4, 0.5) is 4.39 Å². The number of hydrogen-bond donors (Lipinski definition) is 1. The van der Waals surface area contributed by atoms with E-state index >= 15 is 0 Å². The van der Waals surface area contributed by atoms with Gasteiger partial charge in [0.25, 0.3) is 0 Å². The van der Waals surface area contributed by atoms with Crippen LogP contribution in [-0.4, -0.2) is 24.5 Å². The highest BCUT2D eigenvalue weighted by molar-refractivity contribution is 5.89. The minimum absolute atomic E-state index is 0.160. The first kappa shape index (κ1) is 22.9. The van der Waals surface area contributed by atoms with Gasteiger partial charge >= 0.3 is 0 Å². The lowest BCUT2D eigenvalue weighted by Gasteiger charge is -2.10. The Morgan fingerprint density at radius 2 is 1.88 bits per heavy atom. The fraction of sp³-hybridized carbons (Fsp3) is 0.185. The first-order chi connectivity index (χ1) is 15.7. The number of halogens is 1. The Morgan fingerprint density at radius 3 is 2.62 bits per heavy atom. The number of amides is 1. The molecule has 0 aliphatic carbocycles. The van der Waals surface area contributed by atoms with Gasteiger partial charge in [-0.05, 0) is 71.9 Å². The zero-order chi connectivity index (χ0) is 22.6. The third-order valence-electron chi connectivity index (χ3n) is 4.94. The molecule has 0 bridgehead atoms. The molecule has 4 nitrogen and oxygen atoms in total. The number of benzene rings is 2. The molecule has 3 aromatic rings. The van der Waals surface area contributed by atoms with Gasteiger partial charge in [0.15, 0.2) is 0 Å². The van der Waals surface area contributed by atoms with E-state index in [9.17, 15) is 9.18 Å². The van der Waals surface area contributed by atoms with Crippen LogP contribution < -0.4 is 10.1 Å². The zero-order valence-electron chi connectivity index (χ0n) is 18.1. The summed E-state index contributed by atoms with van der Waals surface area (Å²) >= 11 is 0. The minimum Gasteiger partial charge on any atom is -0.497 e. The number of aromatic nitrogens is 1. The van der Waals surface area contributed by atoms with Gasteiger partial charge in [0.05, 0.1) is 7.11 Å². The Kier molecular flexibility index (Phi) is 8.75. The highest BCUT2D eigenvalue weighted by Gasteiger charge is 2.07. The number of ether oxygens (including phenoxy) is 1. The van der Waals surface area contributed by atoms with E-state index in [1.54, 1.807) is 25.4 Å². The molecule has 3 rings (SSSR count). The fourth-order valence-electron chi connectivity index (χ4n) is 3.31. The van der Waals surface area contributed by atoms with Crippen molar-refractivity contribution < 1.29 is 13.9 Å². The van der Waals surface area contributed by atoms with Crippen LogP contribution in [0.2, 0.25) is 0 Å². The van der Waals surface area contributed by atoms with E-state index in [0.29, 0.717) is 12.3 Å². The van der Waals surface area contributed by atoms with E-state index in [1.807, 2.05) is 48.7 Å². The quantitative estimate of drug-likeness (QED) is 0.268. The summed E-state index contributed by atoms with van der Waals surface area (Å²) in [6, 6.07) is 17.9.